The van der Waals surface area contributed by atoms with Crippen molar-refractivity contribution in [2.45, 2.75) is 19.3 Å². The molecule has 1 aliphatic rings. The van der Waals surface area contributed by atoms with Gasteiger partial charge in [0.1, 0.15) is 0 Å². The van der Waals surface area contributed by atoms with Crippen molar-refractivity contribution in [2.24, 2.45) is 0 Å². The van der Waals surface area contributed by atoms with E-state index in [2.05, 4.69) is 230 Å². The minimum absolute atomic E-state index is 0.0972. The van der Waals surface area contributed by atoms with Crippen molar-refractivity contribution < 1.29 is 0 Å². The Morgan fingerprint density at radius 2 is 1.02 bits per heavy atom. The zero-order valence-corrected chi connectivity index (χ0v) is 34.2. The van der Waals surface area contributed by atoms with Crippen molar-refractivity contribution in [1.82, 2.24) is 4.57 Å². The topological polar surface area (TPSA) is 8.17 Å². The molecule has 0 unspecified atom stereocenters. The molecule has 0 spiro atoms. The third-order valence-corrected chi connectivity index (χ3v) is 14.0. The fraction of sp³-hybridized carbons (Fsp3) is 0.0526. The van der Waals surface area contributed by atoms with Crippen LogP contribution in [0.1, 0.15) is 25.0 Å². The van der Waals surface area contributed by atoms with Gasteiger partial charge in [-0.25, -0.2) is 0 Å². The Bertz CT molecular complexity index is 3440. The van der Waals surface area contributed by atoms with Gasteiger partial charge in [-0.2, -0.15) is 0 Å². The van der Waals surface area contributed by atoms with Crippen LogP contribution in [-0.2, 0) is 5.41 Å². The first-order valence-electron chi connectivity index (χ1n) is 20.8. The van der Waals surface area contributed by atoms with E-state index in [1.54, 1.807) is 0 Å². The molecular weight excluding hydrogens is 745 g/mol. The summed E-state index contributed by atoms with van der Waals surface area (Å²) >= 11 is 1.88. The second-order valence-corrected chi connectivity index (χ2v) is 17.6. The Hall–Kier alpha value is -7.20. The molecule has 0 amide bonds. The molecule has 2 nitrogen and oxygen atoms in total. The summed E-state index contributed by atoms with van der Waals surface area (Å²) in [7, 11) is 0. The van der Waals surface area contributed by atoms with Crippen LogP contribution in [0.15, 0.2) is 206 Å². The smallest absolute Gasteiger partial charge is 0.0640 e. The maximum Gasteiger partial charge on any atom is 0.0640 e. The van der Waals surface area contributed by atoms with Crippen LogP contribution in [-0.4, -0.2) is 4.57 Å². The lowest BCUT2D eigenvalue weighted by Gasteiger charge is -2.28. The number of fused-ring (bicyclic) bond motifs is 9. The molecule has 2 heterocycles. The van der Waals surface area contributed by atoms with Gasteiger partial charge in [0.05, 0.1) is 21.4 Å². The van der Waals surface area contributed by atoms with Gasteiger partial charge in [0, 0.05) is 48.7 Å². The molecule has 12 rings (SSSR count). The van der Waals surface area contributed by atoms with Gasteiger partial charge in [0.15, 0.2) is 0 Å². The van der Waals surface area contributed by atoms with Gasteiger partial charge in [-0.05, 0) is 111 Å². The SMILES string of the molecule is CC1(C)c2ccccc2-c2ccc(N(c3ccc(-c4ccc(-c5ccc6c(c5)c5ccccc5n6-c5ccccc5)cc4)cc3)c3cccc4c3sc3ccccc34)cc21. The molecule has 0 fully saturated rings. The number of nitrogens with zero attached hydrogens (tertiary/aromatic N) is 2. The Labute approximate surface area is 353 Å². The first-order valence-corrected chi connectivity index (χ1v) is 21.6. The van der Waals surface area contributed by atoms with E-state index in [9.17, 15) is 0 Å². The molecule has 0 N–H and O–H groups in total. The highest BCUT2D eigenvalue weighted by Crippen LogP contribution is 2.52. The van der Waals surface area contributed by atoms with E-state index >= 15 is 0 Å². The van der Waals surface area contributed by atoms with Gasteiger partial charge in [0.25, 0.3) is 0 Å². The van der Waals surface area contributed by atoms with Gasteiger partial charge >= 0.3 is 0 Å². The third-order valence-electron chi connectivity index (χ3n) is 12.8. The molecule has 3 heteroatoms. The summed E-state index contributed by atoms with van der Waals surface area (Å²) in [5.41, 5.74) is 17.3. The molecule has 0 saturated heterocycles. The molecule has 0 bridgehead atoms. The van der Waals surface area contributed by atoms with Crippen LogP contribution in [0.3, 0.4) is 0 Å². The quantitative estimate of drug-likeness (QED) is 0.163. The second-order valence-electron chi connectivity index (χ2n) is 16.5. The molecule has 284 valence electrons. The lowest BCUT2D eigenvalue weighted by molar-refractivity contribution is 0.660. The van der Waals surface area contributed by atoms with Crippen LogP contribution in [0.2, 0.25) is 0 Å². The van der Waals surface area contributed by atoms with E-state index in [1.807, 2.05) is 11.3 Å². The highest BCUT2D eigenvalue weighted by Gasteiger charge is 2.36. The summed E-state index contributed by atoms with van der Waals surface area (Å²) in [6.45, 7) is 4.72. The highest BCUT2D eigenvalue weighted by atomic mass is 32.1. The van der Waals surface area contributed by atoms with Gasteiger partial charge in [0.2, 0.25) is 0 Å². The maximum absolute atomic E-state index is 2.47. The van der Waals surface area contributed by atoms with Crippen LogP contribution in [0, 0.1) is 0 Å². The fourth-order valence-corrected chi connectivity index (χ4v) is 11.0. The average molecular weight is 785 g/mol. The number of rotatable bonds is 6. The van der Waals surface area contributed by atoms with E-state index in [0.717, 1.165) is 5.69 Å². The molecule has 9 aromatic carbocycles. The van der Waals surface area contributed by atoms with Crippen molar-refractivity contribution in [3.05, 3.63) is 217 Å². The molecule has 1 aliphatic carbocycles. The van der Waals surface area contributed by atoms with Gasteiger partial charge in [-0.1, -0.05) is 153 Å². The monoisotopic (exact) mass is 784 g/mol. The number of benzene rings is 9. The predicted octanol–water partition coefficient (Wildman–Crippen LogP) is 16.3. The molecule has 60 heavy (non-hydrogen) atoms. The fourth-order valence-electron chi connectivity index (χ4n) is 9.83. The Balaban J connectivity index is 0.923. The van der Waals surface area contributed by atoms with Crippen molar-refractivity contribution in [2.75, 3.05) is 4.90 Å². The first kappa shape index (κ1) is 34.8. The van der Waals surface area contributed by atoms with Crippen LogP contribution < -0.4 is 4.90 Å². The van der Waals surface area contributed by atoms with Gasteiger partial charge < -0.3 is 9.47 Å². The van der Waals surface area contributed by atoms with E-state index in [4.69, 9.17) is 0 Å². The summed E-state index contributed by atoms with van der Waals surface area (Å²) in [6, 6.07) is 76.0. The number of hydrogen-bond donors (Lipinski definition) is 0. The zero-order valence-electron chi connectivity index (χ0n) is 33.4. The van der Waals surface area contributed by atoms with E-state index in [-0.39, 0.29) is 5.41 Å². The normalized spacial score (nSPS) is 13.0. The Morgan fingerprint density at radius 1 is 0.417 bits per heavy atom. The number of thiophene rings is 1. The molecule has 0 saturated carbocycles. The number of anilines is 3. The predicted molar refractivity (Wildman–Crippen MR) is 257 cm³/mol. The summed E-state index contributed by atoms with van der Waals surface area (Å²) in [5.74, 6) is 0. The number of aromatic nitrogens is 1. The van der Waals surface area contributed by atoms with Crippen LogP contribution in [0.25, 0.3) is 81.0 Å². The van der Waals surface area contributed by atoms with Crippen molar-refractivity contribution in [3.8, 4) is 39.1 Å². The molecule has 2 aromatic heterocycles. The molecule has 0 radical (unpaired) electrons. The largest absolute Gasteiger partial charge is 0.309 e. The van der Waals surface area contributed by atoms with E-state index in [1.165, 1.54) is 104 Å². The minimum atomic E-state index is -0.0972. The van der Waals surface area contributed by atoms with Crippen LogP contribution in [0.4, 0.5) is 17.1 Å². The molecule has 11 aromatic rings. The maximum atomic E-state index is 2.47. The summed E-state index contributed by atoms with van der Waals surface area (Å²) in [5, 5.41) is 5.13. The minimum Gasteiger partial charge on any atom is -0.309 e. The zero-order chi connectivity index (χ0) is 40.0. The Morgan fingerprint density at radius 3 is 1.83 bits per heavy atom. The summed E-state index contributed by atoms with van der Waals surface area (Å²) in [4.78, 5) is 2.47. The van der Waals surface area contributed by atoms with Crippen LogP contribution >= 0.6 is 11.3 Å². The second kappa shape index (κ2) is 13.4. The first-order chi connectivity index (χ1) is 29.5. The average Bonchev–Trinajstić information content (AvgIpc) is 3.93. The molecule has 0 atom stereocenters. The van der Waals surface area contributed by atoms with Crippen molar-refractivity contribution >= 4 is 70.4 Å². The molecular formula is C57H40N2S. The lowest BCUT2D eigenvalue weighted by atomic mass is 9.82. The Kier molecular flexibility index (Phi) is 7.79. The van der Waals surface area contributed by atoms with Crippen LogP contribution in [0.5, 0.6) is 0 Å². The number of para-hydroxylation sites is 2. The van der Waals surface area contributed by atoms with Gasteiger partial charge in [-0.15, -0.1) is 11.3 Å². The summed E-state index contributed by atoms with van der Waals surface area (Å²) in [6.07, 6.45) is 0. The number of hydrogen-bond acceptors (Lipinski definition) is 2. The van der Waals surface area contributed by atoms with Crippen molar-refractivity contribution in [1.29, 1.82) is 0 Å². The van der Waals surface area contributed by atoms with Crippen molar-refractivity contribution in [3.63, 3.8) is 0 Å². The van der Waals surface area contributed by atoms with Gasteiger partial charge in [-0.3, -0.25) is 0 Å². The van der Waals surface area contributed by atoms with E-state index in [0.29, 0.717) is 0 Å². The highest BCUT2D eigenvalue weighted by molar-refractivity contribution is 7.26. The lowest BCUT2D eigenvalue weighted by Crippen LogP contribution is -2.16. The third kappa shape index (κ3) is 5.33. The standard InChI is InChI=1S/C57H40N2S/c1-57(2)50-19-9-6-15-44(50)45-33-32-43(36-51(45)57)58(54-21-12-18-48-47-17-8-11-22-55(47)60-56(48)54)42-30-27-38(28-31-42)37-23-25-39(26-24-37)40-29-34-53-49(35-40)46-16-7-10-20-52(46)59(53)41-13-4-3-5-14-41/h3-36H,1-2H3. The summed E-state index contributed by atoms with van der Waals surface area (Å²) < 4.78 is 4.97. The molecule has 0 aliphatic heterocycles. The van der Waals surface area contributed by atoms with E-state index < -0.39 is 0 Å².